The Morgan fingerprint density at radius 2 is 1.91 bits per heavy atom. The minimum absolute atomic E-state index is 0.237. The van der Waals surface area contributed by atoms with Gasteiger partial charge in [0.05, 0.1) is 0 Å². The Bertz CT molecular complexity index is 683. The van der Waals surface area contributed by atoms with E-state index in [1.165, 1.54) is 32.1 Å². The summed E-state index contributed by atoms with van der Waals surface area (Å²) in [6.07, 6.45) is 7.90. The Morgan fingerprint density at radius 3 is 2.70 bits per heavy atom. The van der Waals surface area contributed by atoms with Gasteiger partial charge in [-0.05, 0) is 43.2 Å². The fraction of sp³-hybridized carbons (Fsp3) is 0.333. The van der Waals surface area contributed by atoms with Crippen LogP contribution in [0, 0.1) is 0 Å². The third-order valence-electron chi connectivity index (χ3n) is 4.05. The van der Waals surface area contributed by atoms with Crippen molar-refractivity contribution in [1.29, 1.82) is 0 Å². The van der Waals surface area contributed by atoms with Crippen LogP contribution in [0.25, 0.3) is 0 Å². The number of halogens is 1. The summed E-state index contributed by atoms with van der Waals surface area (Å²) in [5.41, 5.74) is 2.00. The van der Waals surface area contributed by atoms with Gasteiger partial charge < -0.3 is 10.6 Å². The lowest BCUT2D eigenvalue weighted by Gasteiger charge is -2.23. The highest BCUT2D eigenvalue weighted by Gasteiger charge is 2.14. The minimum atomic E-state index is -0.237. The van der Waals surface area contributed by atoms with Gasteiger partial charge in [0.2, 0.25) is 0 Å². The van der Waals surface area contributed by atoms with Crippen LogP contribution < -0.4 is 10.6 Å². The molecule has 1 saturated carbocycles. The standard InChI is InChI=1S/C18H20ClN3O/c19-13-5-4-8-15(11-13)22-18(23)17-12-16(9-10-20-17)21-14-6-2-1-3-7-14/h4-5,8-12,14H,1-3,6-7H2,(H,20,21)(H,22,23). The summed E-state index contributed by atoms with van der Waals surface area (Å²) in [4.78, 5) is 16.5. The Morgan fingerprint density at radius 1 is 1.09 bits per heavy atom. The summed E-state index contributed by atoms with van der Waals surface area (Å²) >= 11 is 5.93. The number of nitrogens with zero attached hydrogens (tertiary/aromatic N) is 1. The van der Waals surface area contributed by atoms with Gasteiger partial charge in [-0.3, -0.25) is 9.78 Å². The SMILES string of the molecule is O=C(Nc1cccc(Cl)c1)c1cc(NC2CCCCC2)ccn1. The normalized spacial score (nSPS) is 15.2. The predicted molar refractivity (Wildman–Crippen MR) is 94.1 cm³/mol. The van der Waals surface area contributed by atoms with E-state index in [9.17, 15) is 4.79 Å². The number of carbonyl (C=O) groups is 1. The summed E-state index contributed by atoms with van der Waals surface area (Å²) in [5.74, 6) is -0.237. The number of anilines is 2. The molecule has 1 amide bonds. The van der Waals surface area contributed by atoms with E-state index in [0.29, 0.717) is 22.4 Å². The quantitative estimate of drug-likeness (QED) is 0.852. The molecule has 23 heavy (non-hydrogen) atoms. The zero-order valence-electron chi connectivity index (χ0n) is 12.9. The van der Waals surface area contributed by atoms with Gasteiger partial charge in [0.1, 0.15) is 5.69 Å². The van der Waals surface area contributed by atoms with Crippen LogP contribution in [0.5, 0.6) is 0 Å². The molecule has 0 atom stereocenters. The first-order valence-corrected chi connectivity index (χ1v) is 8.38. The highest BCUT2D eigenvalue weighted by atomic mass is 35.5. The number of nitrogens with one attached hydrogen (secondary N) is 2. The molecule has 1 aliphatic rings. The Kier molecular flexibility index (Phi) is 5.13. The summed E-state index contributed by atoms with van der Waals surface area (Å²) in [6.45, 7) is 0. The van der Waals surface area contributed by atoms with Gasteiger partial charge in [0, 0.05) is 28.6 Å². The molecule has 2 N–H and O–H groups in total. The average Bonchev–Trinajstić information content (AvgIpc) is 2.56. The second-order valence-corrected chi connectivity index (χ2v) is 6.31. The second kappa shape index (κ2) is 7.47. The van der Waals surface area contributed by atoms with Crippen molar-refractivity contribution in [1.82, 2.24) is 4.98 Å². The molecule has 3 rings (SSSR count). The van der Waals surface area contributed by atoms with Crippen LogP contribution in [0.2, 0.25) is 5.02 Å². The third-order valence-corrected chi connectivity index (χ3v) is 4.29. The van der Waals surface area contributed by atoms with Crippen LogP contribution in [0.3, 0.4) is 0 Å². The monoisotopic (exact) mass is 329 g/mol. The molecule has 0 aliphatic heterocycles. The lowest BCUT2D eigenvalue weighted by molar-refractivity contribution is 0.102. The van der Waals surface area contributed by atoms with Crippen molar-refractivity contribution in [2.24, 2.45) is 0 Å². The molecule has 120 valence electrons. The minimum Gasteiger partial charge on any atom is -0.382 e. The van der Waals surface area contributed by atoms with E-state index in [2.05, 4.69) is 15.6 Å². The first-order valence-electron chi connectivity index (χ1n) is 8.00. The van der Waals surface area contributed by atoms with Crippen molar-refractivity contribution < 1.29 is 4.79 Å². The summed E-state index contributed by atoms with van der Waals surface area (Å²) in [7, 11) is 0. The predicted octanol–water partition coefficient (Wildman–Crippen LogP) is 4.73. The highest BCUT2D eigenvalue weighted by Crippen LogP contribution is 2.22. The number of amides is 1. The Balaban J connectivity index is 1.67. The number of hydrogen-bond acceptors (Lipinski definition) is 3. The van der Waals surface area contributed by atoms with E-state index in [1.54, 1.807) is 36.5 Å². The summed E-state index contributed by atoms with van der Waals surface area (Å²) in [5, 5.41) is 6.91. The van der Waals surface area contributed by atoms with E-state index < -0.39 is 0 Å². The molecule has 0 unspecified atom stereocenters. The van der Waals surface area contributed by atoms with E-state index in [-0.39, 0.29) is 5.91 Å². The van der Waals surface area contributed by atoms with E-state index in [1.807, 2.05) is 6.07 Å². The molecule has 0 saturated heterocycles. The van der Waals surface area contributed by atoms with Crippen LogP contribution in [0.15, 0.2) is 42.6 Å². The van der Waals surface area contributed by atoms with Gasteiger partial charge in [-0.25, -0.2) is 0 Å². The number of carbonyl (C=O) groups excluding carboxylic acids is 1. The second-order valence-electron chi connectivity index (χ2n) is 5.87. The maximum absolute atomic E-state index is 12.3. The van der Waals surface area contributed by atoms with Crippen molar-refractivity contribution in [3.63, 3.8) is 0 Å². The maximum Gasteiger partial charge on any atom is 0.274 e. The fourth-order valence-corrected chi connectivity index (χ4v) is 3.08. The molecule has 1 fully saturated rings. The summed E-state index contributed by atoms with van der Waals surface area (Å²) < 4.78 is 0. The van der Waals surface area contributed by atoms with Crippen LogP contribution in [0.4, 0.5) is 11.4 Å². The number of hydrogen-bond donors (Lipinski definition) is 2. The largest absolute Gasteiger partial charge is 0.382 e. The van der Waals surface area contributed by atoms with Crippen LogP contribution >= 0.6 is 11.6 Å². The lowest BCUT2D eigenvalue weighted by atomic mass is 9.95. The van der Waals surface area contributed by atoms with Crippen LogP contribution in [-0.2, 0) is 0 Å². The number of benzene rings is 1. The highest BCUT2D eigenvalue weighted by molar-refractivity contribution is 6.30. The smallest absolute Gasteiger partial charge is 0.274 e. The molecular formula is C18H20ClN3O. The molecule has 1 heterocycles. The van der Waals surface area contributed by atoms with Crippen molar-refractivity contribution in [2.75, 3.05) is 10.6 Å². The zero-order valence-corrected chi connectivity index (χ0v) is 13.6. The number of aromatic nitrogens is 1. The third kappa shape index (κ3) is 4.45. The van der Waals surface area contributed by atoms with Gasteiger partial charge >= 0.3 is 0 Å². The van der Waals surface area contributed by atoms with Gasteiger partial charge in [0.15, 0.2) is 0 Å². The molecule has 5 heteroatoms. The number of rotatable bonds is 4. The van der Waals surface area contributed by atoms with Crippen LogP contribution in [-0.4, -0.2) is 16.9 Å². The first kappa shape index (κ1) is 15.8. The zero-order chi connectivity index (χ0) is 16.1. The van der Waals surface area contributed by atoms with Crippen molar-refractivity contribution >= 4 is 28.9 Å². The molecule has 1 aromatic carbocycles. The molecule has 0 radical (unpaired) electrons. The van der Waals surface area contributed by atoms with E-state index in [0.717, 1.165) is 5.69 Å². The molecule has 1 aliphatic carbocycles. The number of pyridine rings is 1. The molecule has 1 aromatic heterocycles. The van der Waals surface area contributed by atoms with E-state index in [4.69, 9.17) is 11.6 Å². The van der Waals surface area contributed by atoms with E-state index >= 15 is 0 Å². The van der Waals surface area contributed by atoms with Crippen molar-refractivity contribution in [2.45, 2.75) is 38.1 Å². The molecule has 4 nitrogen and oxygen atoms in total. The molecular weight excluding hydrogens is 310 g/mol. The van der Waals surface area contributed by atoms with Gasteiger partial charge in [0.25, 0.3) is 5.91 Å². The average molecular weight is 330 g/mol. The van der Waals surface area contributed by atoms with Gasteiger partial charge in [-0.2, -0.15) is 0 Å². The maximum atomic E-state index is 12.3. The van der Waals surface area contributed by atoms with Gasteiger partial charge in [-0.1, -0.05) is 36.9 Å². The molecule has 0 bridgehead atoms. The van der Waals surface area contributed by atoms with Crippen molar-refractivity contribution in [3.05, 3.63) is 53.3 Å². The molecule has 2 aromatic rings. The van der Waals surface area contributed by atoms with Crippen LogP contribution in [0.1, 0.15) is 42.6 Å². The Hall–Kier alpha value is -2.07. The Labute approximate surface area is 141 Å². The van der Waals surface area contributed by atoms with Gasteiger partial charge in [-0.15, -0.1) is 0 Å². The first-order chi connectivity index (χ1) is 11.2. The fourth-order valence-electron chi connectivity index (χ4n) is 2.89. The topological polar surface area (TPSA) is 54.0 Å². The lowest BCUT2D eigenvalue weighted by Crippen LogP contribution is -2.22. The summed E-state index contributed by atoms with van der Waals surface area (Å²) in [6, 6.07) is 11.3. The molecule has 0 spiro atoms. The van der Waals surface area contributed by atoms with Crippen molar-refractivity contribution in [3.8, 4) is 0 Å².